The predicted octanol–water partition coefficient (Wildman–Crippen LogP) is 2.65. The van der Waals surface area contributed by atoms with E-state index < -0.39 is 0 Å². The smallest absolute Gasteiger partial charge is 0.00202 e. The van der Waals surface area contributed by atoms with Gasteiger partial charge in [-0.3, -0.25) is 0 Å². The lowest BCUT2D eigenvalue weighted by atomic mass is 9.84. The van der Waals surface area contributed by atoms with Crippen LogP contribution in [0.15, 0.2) is 0 Å². The van der Waals surface area contributed by atoms with Gasteiger partial charge in [-0.2, -0.15) is 11.8 Å². The first-order chi connectivity index (χ1) is 5.83. The standard InChI is InChI=1S/C10H21NS/c1-2-12-8-7-10(9-11)5-3-4-6-10/h2-9,11H2,1H3. The van der Waals surface area contributed by atoms with Crippen molar-refractivity contribution in [1.82, 2.24) is 0 Å². The molecule has 0 amide bonds. The van der Waals surface area contributed by atoms with E-state index in [9.17, 15) is 0 Å². The summed E-state index contributed by atoms with van der Waals surface area (Å²) in [4.78, 5) is 0. The normalized spacial score (nSPS) is 21.5. The first kappa shape index (κ1) is 10.4. The molecule has 0 aromatic heterocycles. The lowest BCUT2D eigenvalue weighted by Gasteiger charge is -2.26. The summed E-state index contributed by atoms with van der Waals surface area (Å²) in [5, 5.41) is 0. The second kappa shape index (κ2) is 5.13. The quantitative estimate of drug-likeness (QED) is 0.670. The van der Waals surface area contributed by atoms with E-state index in [4.69, 9.17) is 5.73 Å². The SMILES string of the molecule is CCSCCC1(CN)CCCC1. The molecule has 0 bridgehead atoms. The maximum Gasteiger partial charge on any atom is -0.00202 e. The van der Waals surface area contributed by atoms with E-state index in [-0.39, 0.29) is 0 Å². The topological polar surface area (TPSA) is 26.0 Å². The van der Waals surface area contributed by atoms with Gasteiger partial charge in [0.1, 0.15) is 0 Å². The zero-order valence-electron chi connectivity index (χ0n) is 8.14. The van der Waals surface area contributed by atoms with Crippen molar-refractivity contribution in [3.63, 3.8) is 0 Å². The zero-order chi connectivity index (χ0) is 8.86. The molecule has 1 fully saturated rings. The van der Waals surface area contributed by atoms with Gasteiger partial charge in [0, 0.05) is 0 Å². The van der Waals surface area contributed by atoms with E-state index in [1.54, 1.807) is 0 Å². The fourth-order valence-electron chi connectivity index (χ4n) is 2.11. The fourth-order valence-corrected chi connectivity index (χ4v) is 2.98. The molecule has 1 rings (SSSR count). The Hall–Kier alpha value is 0.310. The van der Waals surface area contributed by atoms with Gasteiger partial charge in [0.15, 0.2) is 0 Å². The summed E-state index contributed by atoms with van der Waals surface area (Å²) in [6.45, 7) is 3.14. The van der Waals surface area contributed by atoms with Gasteiger partial charge in [0.2, 0.25) is 0 Å². The second-order valence-corrected chi connectivity index (χ2v) is 5.25. The lowest BCUT2D eigenvalue weighted by molar-refractivity contribution is 0.299. The van der Waals surface area contributed by atoms with Crippen LogP contribution in [0.4, 0.5) is 0 Å². The molecule has 12 heavy (non-hydrogen) atoms. The average Bonchev–Trinajstić information content (AvgIpc) is 2.55. The van der Waals surface area contributed by atoms with E-state index >= 15 is 0 Å². The Morgan fingerprint density at radius 1 is 1.33 bits per heavy atom. The fraction of sp³-hybridized carbons (Fsp3) is 1.00. The van der Waals surface area contributed by atoms with Gasteiger partial charge in [-0.25, -0.2) is 0 Å². The van der Waals surface area contributed by atoms with Crippen LogP contribution in [0.25, 0.3) is 0 Å². The van der Waals surface area contributed by atoms with E-state index in [2.05, 4.69) is 18.7 Å². The first-order valence-corrected chi connectivity index (χ1v) is 6.26. The lowest BCUT2D eigenvalue weighted by Crippen LogP contribution is -2.27. The molecular formula is C10H21NS. The van der Waals surface area contributed by atoms with Crippen LogP contribution < -0.4 is 5.73 Å². The van der Waals surface area contributed by atoms with Gasteiger partial charge in [-0.05, 0) is 42.7 Å². The van der Waals surface area contributed by atoms with Crippen LogP contribution in [0, 0.1) is 5.41 Å². The second-order valence-electron chi connectivity index (χ2n) is 3.86. The van der Waals surface area contributed by atoms with Crippen molar-refractivity contribution >= 4 is 11.8 Å². The minimum Gasteiger partial charge on any atom is -0.330 e. The third kappa shape index (κ3) is 2.67. The van der Waals surface area contributed by atoms with Crippen molar-refractivity contribution in [3.8, 4) is 0 Å². The molecule has 2 N–H and O–H groups in total. The highest BCUT2D eigenvalue weighted by atomic mass is 32.2. The van der Waals surface area contributed by atoms with E-state index in [0.717, 1.165) is 6.54 Å². The molecule has 0 atom stereocenters. The van der Waals surface area contributed by atoms with Gasteiger partial charge >= 0.3 is 0 Å². The van der Waals surface area contributed by atoms with Crippen molar-refractivity contribution in [3.05, 3.63) is 0 Å². The molecule has 0 aromatic carbocycles. The molecule has 1 aliphatic rings. The molecule has 0 spiro atoms. The molecule has 0 aromatic rings. The zero-order valence-corrected chi connectivity index (χ0v) is 8.96. The highest BCUT2D eigenvalue weighted by molar-refractivity contribution is 7.99. The summed E-state index contributed by atoms with van der Waals surface area (Å²) in [5.74, 6) is 2.56. The minimum absolute atomic E-state index is 0.544. The van der Waals surface area contributed by atoms with Gasteiger partial charge in [-0.1, -0.05) is 19.8 Å². The van der Waals surface area contributed by atoms with Crippen LogP contribution in [-0.2, 0) is 0 Å². The molecule has 0 aliphatic heterocycles. The van der Waals surface area contributed by atoms with Crippen LogP contribution in [0.1, 0.15) is 39.0 Å². The maximum absolute atomic E-state index is 5.84. The molecule has 0 heterocycles. The van der Waals surface area contributed by atoms with Crippen LogP contribution in [0.3, 0.4) is 0 Å². The number of hydrogen-bond donors (Lipinski definition) is 1. The Kier molecular flexibility index (Phi) is 4.44. The summed E-state index contributed by atoms with van der Waals surface area (Å²) in [5.41, 5.74) is 6.39. The highest BCUT2D eigenvalue weighted by Gasteiger charge is 2.31. The van der Waals surface area contributed by atoms with Crippen molar-refractivity contribution in [2.45, 2.75) is 39.0 Å². The Morgan fingerprint density at radius 3 is 2.50 bits per heavy atom. The molecule has 72 valence electrons. The number of nitrogens with two attached hydrogens (primary N) is 1. The first-order valence-electron chi connectivity index (χ1n) is 5.11. The van der Waals surface area contributed by atoms with Crippen molar-refractivity contribution in [2.24, 2.45) is 11.1 Å². The summed E-state index contributed by atoms with van der Waals surface area (Å²) in [6, 6.07) is 0. The Bertz CT molecular complexity index is 119. The largest absolute Gasteiger partial charge is 0.330 e. The number of hydrogen-bond acceptors (Lipinski definition) is 2. The maximum atomic E-state index is 5.84. The molecule has 1 saturated carbocycles. The van der Waals surface area contributed by atoms with Crippen LogP contribution in [0.2, 0.25) is 0 Å². The number of thioether (sulfide) groups is 1. The Balaban J connectivity index is 2.24. The highest BCUT2D eigenvalue weighted by Crippen LogP contribution is 2.40. The van der Waals surface area contributed by atoms with Crippen LogP contribution >= 0.6 is 11.8 Å². The molecule has 0 unspecified atom stereocenters. The summed E-state index contributed by atoms with van der Waals surface area (Å²) < 4.78 is 0. The van der Waals surface area contributed by atoms with E-state index in [1.165, 1.54) is 43.6 Å². The molecular weight excluding hydrogens is 166 g/mol. The van der Waals surface area contributed by atoms with Gasteiger partial charge in [0.05, 0.1) is 0 Å². The van der Waals surface area contributed by atoms with Crippen molar-refractivity contribution in [1.29, 1.82) is 0 Å². The summed E-state index contributed by atoms with van der Waals surface area (Å²) >= 11 is 2.05. The minimum atomic E-state index is 0.544. The average molecular weight is 187 g/mol. The predicted molar refractivity (Wildman–Crippen MR) is 57.6 cm³/mol. The van der Waals surface area contributed by atoms with Crippen LogP contribution in [0.5, 0.6) is 0 Å². The molecule has 0 saturated heterocycles. The Morgan fingerprint density at radius 2 is 2.00 bits per heavy atom. The van der Waals surface area contributed by atoms with Gasteiger partial charge in [0.25, 0.3) is 0 Å². The third-order valence-electron chi connectivity index (χ3n) is 3.08. The van der Waals surface area contributed by atoms with Crippen LogP contribution in [-0.4, -0.2) is 18.1 Å². The number of rotatable bonds is 5. The Labute approximate surface area is 80.5 Å². The molecule has 1 nitrogen and oxygen atoms in total. The van der Waals surface area contributed by atoms with E-state index in [0.29, 0.717) is 5.41 Å². The monoisotopic (exact) mass is 187 g/mol. The third-order valence-corrected chi connectivity index (χ3v) is 3.98. The van der Waals surface area contributed by atoms with Crippen molar-refractivity contribution < 1.29 is 0 Å². The summed E-state index contributed by atoms with van der Waals surface area (Å²) in [6.07, 6.45) is 6.94. The molecule has 1 aliphatic carbocycles. The molecule has 2 heteroatoms. The van der Waals surface area contributed by atoms with Crippen molar-refractivity contribution in [2.75, 3.05) is 18.1 Å². The summed E-state index contributed by atoms with van der Waals surface area (Å²) in [7, 11) is 0. The molecule has 0 radical (unpaired) electrons. The van der Waals surface area contributed by atoms with E-state index in [1.807, 2.05) is 0 Å². The van der Waals surface area contributed by atoms with Gasteiger partial charge < -0.3 is 5.73 Å². The van der Waals surface area contributed by atoms with Gasteiger partial charge in [-0.15, -0.1) is 0 Å².